The Kier molecular flexibility index (Phi) is 7.50. The molecule has 1 heterocycles. The maximum Gasteiger partial charge on any atom is 0.292 e. The van der Waals surface area contributed by atoms with E-state index in [-0.39, 0.29) is 16.8 Å². The first-order valence-electron chi connectivity index (χ1n) is 9.78. The van der Waals surface area contributed by atoms with Crippen LogP contribution < -0.4 is 25.2 Å². The highest BCUT2D eigenvalue weighted by atomic mass is 35.5. The molecule has 174 valence electrons. The van der Waals surface area contributed by atoms with Gasteiger partial charge in [0, 0.05) is 16.1 Å². The van der Waals surface area contributed by atoms with Crippen molar-refractivity contribution in [3.63, 3.8) is 0 Å². The lowest BCUT2D eigenvalue weighted by Crippen LogP contribution is -2.31. The number of halogens is 1. The molecular weight excluding hydrogens is 462 g/mol. The molecule has 3 aromatic rings. The number of nitrogens with zero attached hydrogens (tertiary/aromatic N) is 4. The van der Waals surface area contributed by atoms with Gasteiger partial charge in [0.2, 0.25) is 5.75 Å². The number of carbonyl (C=O) groups is 1. The molecule has 2 aromatic carbocycles. The third kappa shape index (κ3) is 4.84. The number of ether oxygens (including phenoxy) is 3. The minimum atomic E-state index is -0.708. The minimum Gasteiger partial charge on any atom is -0.493 e. The van der Waals surface area contributed by atoms with Gasteiger partial charge < -0.3 is 14.2 Å². The molecule has 0 spiro atoms. The Hall–Kier alpha value is -4.36. The largest absolute Gasteiger partial charge is 0.493 e. The van der Waals surface area contributed by atoms with Gasteiger partial charge in [-0.05, 0) is 43.3 Å². The van der Waals surface area contributed by atoms with Gasteiger partial charge in [-0.2, -0.15) is 20.1 Å². The van der Waals surface area contributed by atoms with Gasteiger partial charge in [-0.3, -0.25) is 9.59 Å². The molecule has 0 unspecified atom stereocenters. The quantitative estimate of drug-likeness (QED) is 0.406. The molecule has 0 radical (unpaired) electrons. The van der Waals surface area contributed by atoms with E-state index in [9.17, 15) is 14.9 Å². The van der Waals surface area contributed by atoms with E-state index in [4.69, 9.17) is 25.8 Å². The van der Waals surface area contributed by atoms with E-state index < -0.39 is 11.5 Å². The lowest BCUT2D eigenvalue weighted by molar-refractivity contribution is 0.0947. The number of hydrogen-bond acceptors (Lipinski definition) is 8. The number of methoxy groups -OCH3 is 3. The summed E-state index contributed by atoms with van der Waals surface area (Å²) >= 11 is 5.90. The summed E-state index contributed by atoms with van der Waals surface area (Å²) in [5, 5.41) is 18.0. The Balaban J connectivity index is 1.94. The molecule has 0 atom stereocenters. The van der Waals surface area contributed by atoms with Crippen LogP contribution in [0.3, 0.4) is 0 Å². The van der Waals surface area contributed by atoms with Crippen molar-refractivity contribution in [2.45, 2.75) is 6.92 Å². The summed E-state index contributed by atoms with van der Waals surface area (Å²) in [7, 11) is 4.45. The van der Waals surface area contributed by atoms with Crippen molar-refractivity contribution in [2.75, 3.05) is 21.3 Å². The van der Waals surface area contributed by atoms with E-state index in [1.807, 2.05) is 6.07 Å². The van der Waals surface area contributed by atoms with Gasteiger partial charge in [0.1, 0.15) is 11.6 Å². The molecule has 0 saturated heterocycles. The summed E-state index contributed by atoms with van der Waals surface area (Å²) in [6, 6.07) is 11.4. The minimum absolute atomic E-state index is 0.131. The van der Waals surface area contributed by atoms with Crippen LogP contribution in [0, 0.1) is 18.3 Å². The van der Waals surface area contributed by atoms with E-state index in [1.165, 1.54) is 34.5 Å². The number of carbonyl (C=O) groups excluding carboxylic acids is 1. The highest BCUT2D eigenvalue weighted by Gasteiger charge is 2.20. The van der Waals surface area contributed by atoms with Crippen molar-refractivity contribution in [1.82, 2.24) is 15.2 Å². The third-order valence-electron chi connectivity index (χ3n) is 4.80. The average Bonchev–Trinajstić information content (AvgIpc) is 2.84. The maximum atomic E-state index is 12.8. The van der Waals surface area contributed by atoms with Crippen molar-refractivity contribution >= 4 is 23.7 Å². The van der Waals surface area contributed by atoms with Gasteiger partial charge in [0.25, 0.3) is 11.5 Å². The van der Waals surface area contributed by atoms with E-state index in [2.05, 4.69) is 15.6 Å². The van der Waals surface area contributed by atoms with Crippen molar-refractivity contribution in [3.8, 4) is 29.0 Å². The van der Waals surface area contributed by atoms with E-state index in [0.717, 1.165) is 4.68 Å². The van der Waals surface area contributed by atoms with Crippen LogP contribution >= 0.6 is 11.6 Å². The number of hydrazone groups is 1. The lowest BCUT2D eigenvalue weighted by Gasteiger charge is -2.12. The Bertz CT molecular complexity index is 1330. The van der Waals surface area contributed by atoms with Crippen LogP contribution in [-0.2, 0) is 0 Å². The van der Waals surface area contributed by atoms with E-state index in [1.54, 1.807) is 36.4 Å². The van der Waals surface area contributed by atoms with Crippen molar-refractivity contribution < 1.29 is 19.0 Å². The monoisotopic (exact) mass is 481 g/mol. The molecule has 3 rings (SSSR count). The molecule has 0 aliphatic rings. The summed E-state index contributed by atoms with van der Waals surface area (Å²) in [5.41, 5.74) is 2.41. The van der Waals surface area contributed by atoms with Crippen molar-refractivity contribution in [1.29, 1.82) is 5.26 Å². The van der Waals surface area contributed by atoms with Crippen LogP contribution in [0.2, 0.25) is 5.02 Å². The van der Waals surface area contributed by atoms with E-state index >= 15 is 0 Å². The van der Waals surface area contributed by atoms with Crippen molar-refractivity contribution in [2.24, 2.45) is 5.10 Å². The fourth-order valence-corrected chi connectivity index (χ4v) is 3.23. The van der Waals surface area contributed by atoms with Gasteiger partial charge in [0.15, 0.2) is 17.2 Å². The number of nitriles is 1. The molecule has 11 heteroatoms. The van der Waals surface area contributed by atoms with Crippen LogP contribution in [-0.4, -0.2) is 43.2 Å². The highest BCUT2D eigenvalue weighted by molar-refractivity contribution is 6.30. The Morgan fingerprint density at radius 2 is 1.76 bits per heavy atom. The van der Waals surface area contributed by atoms with Crippen LogP contribution in [0.25, 0.3) is 5.69 Å². The first-order valence-corrected chi connectivity index (χ1v) is 10.2. The number of hydrogen-bond donors (Lipinski definition) is 1. The van der Waals surface area contributed by atoms with E-state index in [0.29, 0.717) is 33.5 Å². The molecular formula is C23H20ClN5O5. The Morgan fingerprint density at radius 1 is 1.15 bits per heavy atom. The number of nitrogens with one attached hydrogen (secondary N) is 1. The molecule has 0 aliphatic heterocycles. The second kappa shape index (κ2) is 10.5. The number of rotatable bonds is 7. The number of benzene rings is 2. The normalized spacial score (nSPS) is 10.6. The fourth-order valence-electron chi connectivity index (χ4n) is 3.10. The summed E-state index contributed by atoms with van der Waals surface area (Å²) in [6.45, 7) is 1.47. The zero-order chi connectivity index (χ0) is 24.8. The molecule has 0 fully saturated rings. The molecule has 0 aliphatic carbocycles. The second-order valence-corrected chi connectivity index (χ2v) is 7.25. The average molecular weight is 482 g/mol. The zero-order valence-corrected chi connectivity index (χ0v) is 19.5. The molecule has 0 saturated carbocycles. The zero-order valence-electron chi connectivity index (χ0n) is 18.7. The maximum absolute atomic E-state index is 12.8. The summed E-state index contributed by atoms with van der Waals surface area (Å²) < 4.78 is 16.8. The van der Waals surface area contributed by atoms with Crippen LogP contribution in [0.1, 0.15) is 27.2 Å². The third-order valence-corrected chi connectivity index (χ3v) is 5.05. The fraction of sp³-hybridized carbons (Fsp3) is 0.174. The first kappa shape index (κ1) is 24.3. The summed E-state index contributed by atoms with van der Waals surface area (Å²) in [6.07, 6.45) is 1.37. The van der Waals surface area contributed by atoms with Gasteiger partial charge in [-0.1, -0.05) is 11.6 Å². The molecule has 1 N–H and O–H groups in total. The van der Waals surface area contributed by atoms with Gasteiger partial charge in [0.05, 0.1) is 33.2 Å². The highest BCUT2D eigenvalue weighted by Crippen LogP contribution is 2.37. The van der Waals surface area contributed by atoms with Gasteiger partial charge in [-0.15, -0.1) is 0 Å². The predicted molar refractivity (Wildman–Crippen MR) is 125 cm³/mol. The Labute approximate surface area is 199 Å². The summed E-state index contributed by atoms with van der Waals surface area (Å²) in [5.74, 6) is 0.543. The molecule has 34 heavy (non-hydrogen) atoms. The molecule has 1 aromatic heterocycles. The van der Waals surface area contributed by atoms with Gasteiger partial charge in [-0.25, -0.2) is 5.43 Å². The topological polar surface area (TPSA) is 128 Å². The first-order chi connectivity index (χ1) is 16.3. The van der Waals surface area contributed by atoms with Crippen LogP contribution in [0.5, 0.6) is 17.2 Å². The van der Waals surface area contributed by atoms with Gasteiger partial charge >= 0.3 is 0 Å². The SMILES string of the molecule is COc1cc(/C=N/NC(=O)c2nn(-c3ccc(Cl)cc3)c(=O)c(C#N)c2C)cc(OC)c1OC. The number of amides is 1. The molecule has 10 nitrogen and oxygen atoms in total. The molecule has 0 bridgehead atoms. The van der Waals surface area contributed by atoms with Crippen molar-refractivity contribution in [3.05, 3.63) is 74.2 Å². The Morgan fingerprint density at radius 3 is 2.29 bits per heavy atom. The lowest BCUT2D eigenvalue weighted by atomic mass is 10.1. The standard InChI is InChI=1S/C23H20ClN5O5/c1-13-17(11-25)23(31)29(16-7-5-15(24)6-8-16)28-20(13)22(30)27-26-12-14-9-18(32-2)21(34-4)19(10-14)33-3/h5-10,12H,1-4H3,(H,27,30)/b26-12+. The molecule has 1 amide bonds. The second-order valence-electron chi connectivity index (χ2n) is 6.81. The number of aromatic nitrogens is 2. The predicted octanol–water partition coefficient (Wildman–Crippen LogP) is 2.86. The van der Waals surface area contributed by atoms with Crippen LogP contribution in [0.15, 0.2) is 46.3 Å². The summed E-state index contributed by atoms with van der Waals surface area (Å²) in [4.78, 5) is 25.5. The van der Waals surface area contributed by atoms with Crippen LogP contribution in [0.4, 0.5) is 0 Å². The smallest absolute Gasteiger partial charge is 0.292 e.